The molecule has 1 unspecified atom stereocenters. The third kappa shape index (κ3) is 3.96. The third-order valence-corrected chi connectivity index (χ3v) is 4.82. The van der Waals surface area contributed by atoms with Gasteiger partial charge in [-0.15, -0.1) is 0 Å². The molecule has 21 heavy (non-hydrogen) atoms. The Kier molecular flexibility index (Phi) is 4.77. The molecule has 3 rings (SSSR count). The lowest BCUT2D eigenvalue weighted by atomic mass is 9.88. The first kappa shape index (κ1) is 14.8. The van der Waals surface area contributed by atoms with Crippen LogP contribution in [0, 0.1) is 6.92 Å². The van der Waals surface area contributed by atoms with Crippen LogP contribution in [0.4, 0.5) is 0 Å². The Morgan fingerprint density at radius 1 is 1.14 bits per heavy atom. The highest BCUT2D eigenvalue weighted by Crippen LogP contribution is 2.24. The van der Waals surface area contributed by atoms with Crippen molar-refractivity contribution in [1.29, 1.82) is 0 Å². The van der Waals surface area contributed by atoms with Crippen LogP contribution in [-0.2, 0) is 19.3 Å². The molecule has 1 nitrogen and oxygen atoms in total. The molecule has 0 aromatic heterocycles. The maximum atomic E-state index is 3.73. The number of nitrogens with one attached hydrogen (secondary N) is 1. The minimum absolute atomic E-state index is 0.628. The van der Waals surface area contributed by atoms with Gasteiger partial charge in [-0.3, -0.25) is 0 Å². The van der Waals surface area contributed by atoms with Crippen molar-refractivity contribution >= 4 is 15.9 Å². The fraction of sp³-hybridized carbons (Fsp3) is 0.368. The van der Waals surface area contributed by atoms with E-state index >= 15 is 0 Å². The smallest absolute Gasteiger partial charge is 0.0178 e. The number of rotatable bonds is 4. The Morgan fingerprint density at radius 2 is 2.05 bits per heavy atom. The summed E-state index contributed by atoms with van der Waals surface area (Å²) in [4.78, 5) is 0. The van der Waals surface area contributed by atoms with Crippen LogP contribution >= 0.6 is 15.9 Å². The molecule has 0 aliphatic heterocycles. The summed E-state index contributed by atoms with van der Waals surface area (Å²) in [6, 6.07) is 16.2. The van der Waals surface area contributed by atoms with Crippen molar-refractivity contribution in [1.82, 2.24) is 5.32 Å². The zero-order valence-electron chi connectivity index (χ0n) is 12.5. The van der Waals surface area contributed by atoms with Gasteiger partial charge in [0.15, 0.2) is 0 Å². The van der Waals surface area contributed by atoms with Gasteiger partial charge < -0.3 is 5.32 Å². The van der Waals surface area contributed by atoms with Crippen molar-refractivity contribution in [2.24, 2.45) is 0 Å². The van der Waals surface area contributed by atoms with Crippen molar-refractivity contribution in [3.8, 4) is 0 Å². The van der Waals surface area contributed by atoms with Crippen molar-refractivity contribution < 1.29 is 0 Å². The summed E-state index contributed by atoms with van der Waals surface area (Å²) in [5.74, 6) is 0. The third-order valence-electron chi connectivity index (χ3n) is 4.33. The second-order valence-electron chi connectivity index (χ2n) is 6.05. The standard InChI is InChI=1S/C19H22BrN/c1-14-3-2-4-15(11-14)9-10-21-19-8-6-16-12-18(20)7-5-17(16)13-19/h2-5,7,11-12,19,21H,6,8-10,13H2,1H3. The lowest BCUT2D eigenvalue weighted by Gasteiger charge is -2.26. The quantitative estimate of drug-likeness (QED) is 0.864. The van der Waals surface area contributed by atoms with Gasteiger partial charge in [0, 0.05) is 10.5 Å². The molecule has 2 heteroatoms. The average Bonchev–Trinajstić information content (AvgIpc) is 2.47. The van der Waals surface area contributed by atoms with E-state index in [9.17, 15) is 0 Å². The molecule has 0 saturated carbocycles. The van der Waals surface area contributed by atoms with Crippen molar-refractivity contribution in [3.63, 3.8) is 0 Å². The first-order valence-electron chi connectivity index (χ1n) is 7.77. The molecule has 0 heterocycles. The molecule has 1 atom stereocenters. The van der Waals surface area contributed by atoms with Gasteiger partial charge in [0.25, 0.3) is 0 Å². The van der Waals surface area contributed by atoms with E-state index in [-0.39, 0.29) is 0 Å². The monoisotopic (exact) mass is 343 g/mol. The largest absolute Gasteiger partial charge is 0.313 e. The van der Waals surface area contributed by atoms with E-state index < -0.39 is 0 Å². The predicted molar refractivity (Wildman–Crippen MR) is 92.8 cm³/mol. The Balaban J connectivity index is 1.52. The maximum absolute atomic E-state index is 3.73. The number of benzene rings is 2. The van der Waals surface area contributed by atoms with Crippen LogP contribution < -0.4 is 5.32 Å². The fourth-order valence-corrected chi connectivity index (χ4v) is 3.59. The first-order chi connectivity index (χ1) is 10.2. The highest BCUT2D eigenvalue weighted by atomic mass is 79.9. The Hall–Kier alpha value is -1.12. The Labute approximate surface area is 135 Å². The summed E-state index contributed by atoms with van der Waals surface area (Å²) in [6.07, 6.45) is 4.72. The van der Waals surface area contributed by atoms with Gasteiger partial charge in [-0.1, -0.05) is 51.8 Å². The molecule has 1 N–H and O–H groups in total. The number of aryl methyl sites for hydroxylation is 2. The van der Waals surface area contributed by atoms with Gasteiger partial charge in [-0.05, 0) is 68.0 Å². The van der Waals surface area contributed by atoms with Crippen LogP contribution in [-0.4, -0.2) is 12.6 Å². The number of hydrogen-bond donors (Lipinski definition) is 1. The van der Waals surface area contributed by atoms with Crippen LogP contribution in [0.1, 0.15) is 28.7 Å². The average molecular weight is 344 g/mol. The van der Waals surface area contributed by atoms with E-state index in [1.54, 1.807) is 0 Å². The van der Waals surface area contributed by atoms with E-state index in [2.05, 4.69) is 70.6 Å². The van der Waals surface area contributed by atoms with Crippen LogP contribution in [0.3, 0.4) is 0 Å². The van der Waals surface area contributed by atoms with E-state index in [1.807, 2.05) is 0 Å². The number of hydrogen-bond acceptors (Lipinski definition) is 1. The molecule has 0 fully saturated rings. The highest BCUT2D eigenvalue weighted by molar-refractivity contribution is 9.10. The molecule has 1 aliphatic rings. The van der Waals surface area contributed by atoms with E-state index in [0.717, 1.165) is 19.4 Å². The first-order valence-corrected chi connectivity index (χ1v) is 8.56. The van der Waals surface area contributed by atoms with Gasteiger partial charge >= 0.3 is 0 Å². The van der Waals surface area contributed by atoms with Crippen LogP contribution in [0.2, 0.25) is 0 Å². The second kappa shape index (κ2) is 6.76. The summed E-state index contributed by atoms with van der Waals surface area (Å²) in [5, 5.41) is 3.73. The lowest BCUT2D eigenvalue weighted by Crippen LogP contribution is -2.35. The zero-order valence-corrected chi connectivity index (χ0v) is 14.1. The minimum atomic E-state index is 0.628. The molecule has 2 aromatic carbocycles. The molecule has 1 aliphatic carbocycles. The van der Waals surface area contributed by atoms with E-state index in [1.165, 1.54) is 39.6 Å². The van der Waals surface area contributed by atoms with Gasteiger partial charge in [0.2, 0.25) is 0 Å². The summed E-state index contributed by atoms with van der Waals surface area (Å²) in [7, 11) is 0. The molecule has 2 aromatic rings. The van der Waals surface area contributed by atoms with Crippen LogP contribution in [0.25, 0.3) is 0 Å². The normalized spacial score (nSPS) is 17.5. The minimum Gasteiger partial charge on any atom is -0.313 e. The Morgan fingerprint density at radius 3 is 2.90 bits per heavy atom. The molecule has 0 bridgehead atoms. The predicted octanol–water partition coefficient (Wildman–Crippen LogP) is 4.45. The lowest BCUT2D eigenvalue weighted by molar-refractivity contribution is 0.461. The van der Waals surface area contributed by atoms with Gasteiger partial charge in [0.1, 0.15) is 0 Å². The second-order valence-corrected chi connectivity index (χ2v) is 6.96. The molecular formula is C19H22BrN. The van der Waals surface area contributed by atoms with Crippen LogP contribution in [0.5, 0.6) is 0 Å². The molecule has 0 saturated heterocycles. The summed E-state index contributed by atoms with van der Waals surface area (Å²) in [6.45, 7) is 3.23. The summed E-state index contributed by atoms with van der Waals surface area (Å²) < 4.78 is 1.20. The number of fused-ring (bicyclic) bond motifs is 1. The summed E-state index contributed by atoms with van der Waals surface area (Å²) >= 11 is 3.56. The van der Waals surface area contributed by atoms with Gasteiger partial charge in [0.05, 0.1) is 0 Å². The molecule has 110 valence electrons. The fourth-order valence-electron chi connectivity index (χ4n) is 3.19. The van der Waals surface area contributed by atoms with Crippen molar-refractivity contribution in [3.05, 3.63) is 69.2 Å². The molecular weight excluding hydrogens is 322 g/mol. The van der Waals surface area contributed by atoms with Crippen molar-refractivity contribution in [2.75, 3.05) is 6.54 Å². The van der Waals surface area contributed by atoms with E-state index in [4.69, 9.17) is 0 Å². The SMILES string of the molecule is Cc1cccc(CCNC2CCc3cc(Br)ccc3C2)c1. The summed E-state index contributed by atoms with van der Waals surface area (Å²) in [5.41, 5.74) is 5.81. The van der Waals surface area contributed by atoms with E-state index in [0.29, 0.717) is 6.04 Å². The number of halogens is 1. The highest BCUT2D eigenvalue weighted by Gasteiger charge is 2.17. The van der Waals surface area contributed by atoms with Crippen molar-refractivity contribution in [2.45, 2.75) is 38.6 Å². The van der Waals surface area contributed by atoms with Crippen LogP contribution in [0.15, 0.2) is 46.9 Å². The molecule has 0 amide bonds. The van der Waals surface area contributed by atoms with Gasteiger partial charge in [-0.25, -0.2) is 0 Å². The topological polar surface area (TPSA) is 12.0 Å². The zero-order chi connectivity index (χ0) is 14.7. The molecule has 0 radical (unpaired) electrons. The maximum Gasteiger partial charge on any atom is 0.0178 e. The molecule has 0 spiro atoms. The Bertz CT molecular complexity index is 621. The van der Waals surface area contributed by atoms with Gasteiger partial charge in [-0.2, -0.15) is 0 Å².